The Kier molecular flexibility index (Phi) is 12.3. The molecule has 0 aliphatic carbocycles. The first-order chi connectivity index (χ1) is 31.1. The number of hydrogen-bond acceptors (Lipinski definition) is 10. The highest BCUT2D eigenvalue weighted by molar-refractivity contribution is 6.24. The first-order valence-electron chi connectivity index (χ1n) is 21.9. The van der Waals surface area contributed by atoms with Gasteiger partial charge in [0.1, 0.15) is 17.6 Å². The van der Waals surface area contributed by atoms with E-state index in [4.69, 9.17) is 4.74 Å². The second-order valence-corrected chi connectivity index (χ2v) is 16.9. The van der Waals surface area contributed by atoms with E-state index in [1.165, 1.54) is 23.3 Å². The van der Waals surface area contributed by atoms with Gasteiger partial charge < -0.3 is 20.5 Å². The molecule has 4 aliphatic heterocycles. The number of aliphatic hydroxyl groups is 1. The van der Waals surface area contributed by atoms with E-state index in [1.807, 2.05) is 54.9 Å². The Morgan fingerprint density at radius 2 is 1.70 bits per heavy atom. The molecule has 0 radical (unpaired) electrons. The van der Waals surface area contributed by atoms with Gasteiger partial charge in [-0.05, 0) is 133 Å². The topological polar surface area (TPSA) is 170 Å². The van der Waals surface area contributed by atoms with Crippen LogP contribution in [0.15, 0.2) is 103 Å². The number of fused-ring (bicyclic) bond motifs is 4. The third-order valence-corrected chi connectivity index (χ3v) is 12.9. The molecule has 2 fully saturated rings. The summed E-state index contributed by atoms with van der Waals surface area (Å²) in [7, 11) is 0. The number of piperidine rings is 1. The first-order valence-corrected chi connectivity index (χ1v) is 21.9. The molecule has 5 heterocycles. The molecule has 4 aromatic carbocycles. The lowest BCUT2D eigenvalue weighted by Gasteiger charge is -2.39. The van der Waals surface area contributed by atoms with Gasteiger partial charge in [0.25, 0.3) is 11.8 Å². The van der Waals surface area contributed by atoms with Crippen molar-refractivity contribution in [3.05, 3.63) is 143 Å². The standard InChI is InChI=1S/C50H49FN6O7/c51-39-25-30(5-4-24-64-43-10-3-9-37-46(43)50(63)57(49(37)62)42-16-17-45(60)55-48(42)61)12-13-32(39)6-2-11-44(59)53-35-8-1-7-33(26-35)34-14-15-40-38(27-34)47-36(41(29-58)54-40)20-23-56(47)28-31-18-21-52-22-19-31/h1,3,7-10,12-15,18-19,21-22,25-27,36,41-42,47,54,58H,2,4-6,11,16-17,20,23-24,28-29H2,(H,53,59)(H,55,60,61)/t36-,41-,42?,47-/m1/s1. The van der Waals surface area contributed by atoms with E-state index in [0.717, 1.165) is 46.8 Å². The fourth-order valence-electron chi connectivity index (χ4n) is 9.69. The van der Waals surface area contributed by atoms with Gasteiger partial charge in [0, 0.05) is 55.1 Å². The number of carbonyl (C=O) groups is 5. The van der Waals surface area contributed by atoms with Gasteiger partial charge in [-0.15, -0.1) is 0 Å². The zero-order valence-corrected chi connectivity index (χ0v) is 35.2. The zero-order chi connectivity index (χ0) is 44.3. The second kappa shape index (κ2) is 18.5. The SMILES string of the molecule is O=C1CCC(N2C(=O)c3cccc(OCCCc4ccc(CCCC(=O)Nc5cccc(-c6ccc7c(c6)[C@H]6[C@H](CCN6Cc6ccncc6)[C@@H](CO)N7)c5)c(F)c4)c3C2=O)C(=O)N1. The number of amides is 5. The van der Waals surface area contributed by atoms with Crippen LogP contribution in [-0.2, 0) is 33.8 Å². The number of pyridine rings is 1. The molecule has 2 saturated heterocycles. The molecule has 0 bridgehead atoms. The Balaban J connectivity index is 0.759. The lowest BCUT2D eigenvalue weighted by atomic mass is 9.82. The van der Waals surface area contributed by atoms with E-state index in [0.29, 0.717) is 36.9 Å². The summed E-state index contributed by atoms with van der Waals surface area (Å²) in [5, 5.41) is 19.1. The number of hydrogen-bond donors (Lipinski definition) is 4. The molecule has 64 heavy (non-hydrogen) atoms. The van der Waals surface area contributed by atoms with Crippen LogP contribution in [0.25, 0.3) is 11.1 Å². The summed E-state index contributed by atoms with van der Waals surface area (Å²) >= 11 is 0. The summed E-state index contributed by atoms with van der Waals surface area (Å²) in [6.07, 6.45) is 6.80. The molecular formula is C50H49FN6O7. The van der Waals surface area contributed by atoms with Crippen molar-refractivity contribution in [2.75, 3.05) is 30.4 Å². The Morgan fingerprint density at radius 1 is 0.875 bits per heavy atom. The molecule has 328 valence electrons. The van der Waals surface area contributed by atoms with Crippen LogP contribution < -0.4 is 20.7 Å². The third kappa shape index (κ3) is 8.75. The van der Waals surface area contributed by atoms with Gasteiger partial charge in [-0.2, -0.15) is 0 Å². The number of aryl methyl sites for hydroxylation is 2. The number of carbonyl (C=O) groups excluding carboxylic acids is 5. The number of aliphatic hydroxyl groups excluding tert-OH is 1. The van der Waals surface area contributed by atoms with Crippen LogP contribution >= 0.6 is 0 Å². The van der Waals surface area contributed by atoms with Crippen molar-refractivity contribution < 1.29 is 38.2 Å². The van der Waals surface area contributed by atoms with E-state index in [-0.39, 0.29) is 79.1 Å². The predicted molar refractivity (Wildman–Crippen MR) is 237 cm³/mol. The minimum absolute atomic E-state index is 0.0174. The third-order valence-electron chi connectivity index (χ3n) is 12.9. The van der Waals surface area contributed by atoms with Gasteiger partial charge in [-0.25, -0.2) is 4.39 Å². The summed E-state index contributed by atoms with van der Waals surface area (Å²) < 4.78 is 21.2. The van der Waals surface area contributed by atoms with Gasteiger partial charge in [-0.3, -0.25) is 44.1 Å². The number of rotatable bonds is 15. The Morgan fingerprint density at radius 3 is 2.52 bits per heavy atom. The smallest absolute Gasteiger partial charge is 0.266 e. The van der Waals surface area contributed by atoms with Gasteiger partial charge in [-0.1, -0.05) is 36.4 Å². The van der Waals surface area contributed by atoms with Crippen LogP contribution in [0.4, 0.5) is 15.8 Å². The minimum atomic E-state index is -1.07. The normalized spacial score (nSPS) is 20.3. The number of halogens is 1. The lowest BCUT2D eigenvalue weighted by molar-refractivity contribution is -0.136. The van der Waals surface area contributed by atoms with Gasteiger partial charge >= 0.3 is 0 Å². The second-order valence-electron chi connectivity index (χ2n) is 16.9. The Hall–Kier alpha value is -6.77. The summed E-state index contributed by atoms with van der Waals surface area (Å²) in [6, 6.07) is 27.2. The monoisotopic (exact) mass is 864 g/mol. The van der Waals surface area contributed by atoms with Gasteiger partial charge in [0.15, 0.2) is 0 Å². The van der Waals surface area contributed by atoms with Crippen LogP contribution in [-0.4, -0.2) is 81.3 Å². The van der Waals surface area contributed by atoms with Crippen LogP contribution in [0.1, 0.15) is 87.5 Å². The van der Waals surface area contributed by atoms with Crippen LogP contribution in [0.3, 0.4) is 0 Å². The van der Waals surface area contributed by atoms with Crippen molar-refractivity contribution in [2.24, 2.45) is 5.92 Å². The fourth-order valence-corrected chi connectivity index (χ4v) is 9.69. The van der Waals surface area contributed by atoms with Crippen molar-refractivity contribution in [1.82, 2.24) is 20.1 Å². The highest BCUT2D eigenvalue weighted by Gasteiger charge is 2.46. The summed E-state index contributed by atoms with van der Waals surface area (Å²) in [4.78, 5) is 71.2. The van der Waals surface area contributed by atoms with E-state index < -0.39 is 29.7 Å². The number of benzene rings is 4. The van der Waals surface area contributed by atoms with Crippen molar-refractivity contribution in [3.8, 4) is 16.9 Å². The van der Waals surface area contributed by atoms with Crippen molar-refractivity contribution in [3.63, 3.8) is 0 Å². The molecule has 4 N–H and O–H groups in total. The van der Waals surface area contributed by atoms with Crippen LogP contribution in [0.2, 0.25) is 0 Å². The number of ether oxygens (including phenoxy) is 1. The number of anilines is 2. The fraction of sp³-hybridized carbons (Fsp3) is 0.320. The lowest BCUT2D eigenvalue weighted by Crippen LogP contribution is -2.54. The Labute approximate surface area is 370 Å². The van der Waals surface area contributed by atoms with E-state index >= 15 is 4.39 Å². The average molecular weight is 865 g/mol. The predicted octanol–water partition coefficient (Wildman–Crippen LogP) is 6.61. The largest absolute Gasteiger partial charge is 0.493 e. The van der Waals surface area contributed by atoms with Crippen molar-refractivity contribution >= 4 is 40.9 Å². The number of nitrogens with one attached hydrogen (secondary N) is 3. The summed E-state index contributed by atoms with van der Waals surface area (Å²) in [5.41, 5.74) is 7.65. The van der Waals surface area contributed by atoms with Gasteiger partial charge in [0.05, 0.1) is 30.4 Å². The molecule has 0 saturated carbocycles. The average Bonchev–Trinajstić information content (AvgIpc) is 3.83. The number of imide groups is 2. The molecule has 4 atom stereocenters. The summed E-state index contributed by atoms with van der Waals surface area (Å²) in [6.45, 7) is 2.00. The molecule has 1 unspecified atom stereocenters. The van der Waals surface area contributed by atoms with Crippen LogP contribution in [0, 0.1) is 11.7 Å². The first kappa shape index (κ1) is 42.5. The summed E-state index contributed by atoms with van der Waals surface area (Å²) in [5.74, 6) is -2.37. The van der Waals surface area contributed by atoms with Crippen molar-refractivity contribution in [2.45, 2.75) is 76.0 Å². The molecule has 4 aliphatic rings. The Bertz CT molecular complexity index is 2620. The molecule has 1 aromatic heterocycles. The van der Waals surface area contributed by atoms with E-state index in [2.05, 4.69) is 44.0 Å². The van der Waals surface area contributed by atoms with Gasteiger partial charge in [0.2, 0.25) is 17.7 Å². The highest BCUT2D eigenvalue weighted by atomic mass is 19.1. The van der Waals surface area contributed by atoms with E-state index in [9.17, 15) is 29.1 Å². The number of aromatic nitrogens is 1. The number of nitrogens with zero attached hydrogens (tertiary/aromatic N) is 3. The molecule has 13 nitrogen and oxygen atoms in total. The van der Waals surface area contributed by atoms with Crippen LogP contribution in [0.5, 0.6) is 5.75 Å². The van der Waals surface area contributed by atoms with E-state index in [1.54, 1.807) is 18.2 Å². The molecule has 5 aromatic rings. The highest BCUT2D eigenvalue weighted by Crippen LogP contribution is 2.48. The van der Waals surface area contributed by atoms with Crippen molar-refractivity contribution in [1.29, 1.82) is 0 Å². The zero-order valence-electron chi connectivity index (χ0n) is 35.2. The minimum Gasteiger partial charge on any atom is -0.493 e. The molecule has 9 rings (SSSR count). The maximum atomic E-state index is 15.2. The number of likely N-dealkylation sites (tertiary alicyclic amines) is 1. The maximum Gasteiger partial charge on any atom is 0.266 e. The molecule has 14 heteroatoms. The molecule has 5 amide bonds. The molecule has 0 spiro atoms. The molecular weight excluding hydrogens is 816 g/mol. The maximum absolute atomic E-state index is 15.2. The quantitative estimate of drug-likeness (QED) is 0.0664.